The normalized spacial score (nSPS) is 18.6. The fraction of sp³-hybridized carbons (Fsp3) is 0.583. The number of rotatable bonds is 2. The minimum atomic E-state index is -0.174. The molecule has 0 atom stereocenters. The van der Waals surface area contributed by atoms with Crippen molar-refractivity contribution in [2.24, 2.45) is 5.73 Å². The Kier molecular flexibility index (Phi) is 2.48. The Morgan fingerprint density at radius 1 is 1.44 bits per heavy atom. The van der Waals surface area contributed by atoms with Gasteiger partial charge in [0.2, 0.25) is 0 Å². The first-order chi connectivity index (χ1) is 8.56. The van der Waals surface area contributed by atoms with Crippen LogP contribution < -0.4 is 11.3 Å². The maximum Gasteiger partial charge on any atom is 0.274 e. The van der Waals surface area contributed by atoms with Crippen LogP contribution in [0.2, 0.25) is 0 Å². The maximum atomic E-state index is 11.8. The summed E-state index contributed by atoms with van der Waals surface area (Å²) in [5.41, 5.74) is 6.69. The Morgan fingerprint density at radius 2 is 2.17 bits per heavy atom. The predicted octanol–water partition coefficient (Wildman–Crippen LogP) is 0.540. The minimum Gasteiger partial charge on any atom is -0.325 e. The lowest BCUT2D eigenvalue weighted by Crippen LogP contribution is -2.39. The molecule has 3 rings (SSSR count). The highest BCUT2D eigenvalue weighted by Crippen LogP contribution is 2.29. The molecule has 0 aliphatic heterocycles. The van der Waals surface area contributed by atoms with E-state index in [1.807, 2.05) is 0 Å². The van der Waals surface area contributed by atoms with Crippen LogP contribution in [0, 0.1) is 6.92 Å². The number of aromatic amines is 1. The topological polar surface area (TPSA) is 89.1 Å². The first-order valence-corrected chi connectivity index (χ1v) is 6.30. The van der Waals surface area contributed by atoms with Gasteiger partial charge in [-0.3, -0.25) is 9.89 Å². The SMILES string of the molecule is Cc1cc(=O)n2[nH]c(CC3(N)CCCC3)nc2n1. The number of hydrogen-bond acceptors (Lipinski definition) is 4. The summed E-state index contributed by atoms with van der Waals surface area (Å²) >= 11 is 0. The van der Waals surface area contributed by atoms with Gasteiger partial charge in [-0.25, -0.2) is 4.98 Å². The van der Waals surface area contributed by atoms with Crippen LogP contribution in [0.5, 0.6) is 0 Å². The van der Waals surface area contributed by atoms with E-state index in [-0.39, 0.29) is 11.1 Å². The second-order valence-electron chi connectivity index (χ2n) is 5.29. The van der Waals surface area contributed by atoms with Gasteiger partial charge in [0.1, 0.15) is 5.82 Å². The first kappa shape index (κ1) is 11.4. The molecular formula is C12H17N5O. The van der Waals surface area contributed by atoms with E-state index in [2.05, 4.69) is 15.1 Å². The van der Waals surface area contributed by atoms with Gasteiger partial charge in [0.25, 0.3) is 11.3 Å². The first-order valence-electron chi connectivity index (χ1n) is 6.30. The number of fused-ring (bicyclic) bond motifs is 1. The number of nitrogens with two attached hydrogens (primary N) is 1. The Bertz CT molecular complexity index is 635. The molecular weight excluding hydrogens is 230 g/mol. The van der Waals surface area contributed by atoms with E-state index in [9.17, 15) is 4.79 Å². The van der Waals surface area contributed by atoms with Crippen molar-refractivity contribution in [3.05, 3.63) is 27.9 Å². The Hall–Kier alpha value is -1.69. The van der Waals surface area contributed by atoms with Crippen LogP contribution in [0.3, 0.4) is 0 Å². The summed E-state index contributed by atoms with van der Waals surface area (Å²) in [4.78, 5) is 20.3. The van der Waals surface area contributed by atoms with Crippen LogP contribution in [-0.4, -0.2) is 25.1 Å². The molecule has 1 aliphatic carbocycles. The van der Waals surface area contributed by atoms with E-state index >= 15 is 0 Å². The minimum absolute atomic E-state index is 0.131. The lowest BCUT2D eigenvalue weighted by atomic mass is 9.94. The van der Waals surface area contributed by atoms with Crippen molar-refractivity contribution >= 4 is 5.78 Å². The third-order valence-electron chi connectivity index (χ3n) is 3.62. The molecule has 2 aromatic rings. The molecule has 1 aliphatic rings. The quantitative estimate of drug-likeness (QED) is 0.810. The number of aromatic nitrogens is 4. The van der Waals surface area contributed by atoms with Crippen LogP contribution in [0.4, 0.5) is 0 Å². The lowest BCUT2D eigenvalue weighted by Gasteiger charge is -2.21. The Balaban J connectivity index is 1.98. The summed E-state index contributed by atoms with van der Waals surface area (Å²) in [6.45, 7) is 1.79. The number of nitrogens with zero attached hydrogens (tertiary/aromatic N) is 3. The zero-order chi connectivity index (χ0) is 12.8. The molecule has 2 heterocycles. The average Bonchev–Trinajstić information content (AvgIpc) is 2.85. The van der Waals surface area contributed by atoms with Gasteiger partial charge in [-0.1, -0.05) is 12.8 Å². The smallest absolute Gasteiger partial charge is 0.274 e. The third kappa shape index (κ3) is 1.92. The third-order valence-corrected chi connectivity index (χ3v) is 3.62. The molecule has 6 nitrogen and oxygen atoms in total. The molecule has 2 aromatic heterocycles. The summed E-state index contributed by atoms with van der Waals surface area (Å²) < 4.78 is 1.38. The molecule has 0 spiro atoms. The van der Waals surface area contributed by atoms with E-state index in [0.29, 0.717) is 17.9 Å². The zero-order valence-corrected chi connectivity index (χ0v) is 10.4. The Labute approximate surface area is 104 Å². The van der Waals surface area contributed by atoms with Gasteiger partial charge in [-0.2, -0.15) is 9.50 Å². The van der Waals surface area contributed by atoms with Crippen LogP contribution >= 0.6 is 0 Å². The van der Waals surface area contributed by atoms with Crippen molar-refractivity contribution < 1.29 is 0 Å². The molecule has 96 valence electrons. The zero-order valence-electron chi connectivity index (χ0n) is 10.4. The van der Waals surface area contributed by atoms with Crippen LogP contribution in [-0.2, 0) is 6.42 Å². The molecule has 0 aromatic carbocycles. The number of hydrogen-bond donors (Lipinski definition) is 2. The number of nitrogens with one attached hydrogen (secondary N) is 1. The molecule has 0 amide bonds. The summed E-state index contributed by atoms with van der Waals surface area (Å²) in [6, 6.07) is 1.49. The summed E-state index contributed by atoms with van der Waals surface area (Å²) in [5, 5.41) is 2.99. The molecule has 0 unspecified atom stereocenters. The van der Waals surface area contributed by atoms with Crippen molar-refractivity contribution in [1.29, 1.82) is 0 Å². The van der Waals surface area contributed by atoms with E-state index in [1.165, 1.54) is 23.4 Å². The van der Waals surface area contributed by atoms with E-state index in [1.54, 1.807) is 6.92 Å². The van der Waals surface area contributed by atoms with Gasteiger partial charge in [0.05, 0.1) is 0 Å². The fourth-order valence-corrected chi connectivity index (χ4v) is 2.71. The van der Waals surface area contributed by atoms with Crippen molar-refractivity contribution in [3.8, 4) is 0 Å². The molecule has 0 bridgehead atoms. The highest BCUT2D eigenvalue weighted by atomic mass is 16.1. The molecule has 0 saturated heterocycles. The predicted molar refractivity (Wildman–Crippen MR) is 67.4 cm³/mol. The van der Waals surface area contributed by atoms with Gasteiger partial charge < -0.3 is 5.73 Å². The van der Waals surface area contributed by atoms with Gasteiger partial charge in [-0.05, 0) is 19.8 Å². The molecule has 0 radical (unpaired) electrons. The summed E-state index contributed by atoms with van der Waals surface area (Å²) in [6.07, 6.45) is 5.06. The maximum absolute atomic E-state index is 11.8. The average molecular weight is 247 g/mol. The van der Waals surface area contributed by atoms with Crippen molar-refractivity contribution in [2.45, 2.75) is 44.6 Å². The van der Waals surface area contributed by atoms with E-state index in [4.69, 9.17) is 5.73 Å². The van der Waals surface area contributed by atoms with E-state index in [0.717, 1.165) is 18.7 Å². The monoisotopic (exact) mass is 247 g/mol. The molecule has 3 N–H and O–H groups in total. The molecule has 6 heteroatoms. The summed E-state index contributed by atoms with van der Waals surface area (Å²) in [5.74, 6) is 1.17. The largest absolute Gasteiger partial charge is 0.325 e. The van der Waals surface area contributed by atoms with Crippen molar-refractivity contribution in [3.63, 3.8) is 0 Å². The van der Waals surface area contributed by atoms with Gasteiger partial charge in [0.15, 0.2) is 0 Å². The fourth-order valence-electron chi connectivity index (χ4n) is 2.71. The van der Waals surface area contributed by atoms with Gasteiger partial charge in [-0.15, -0.1) is 0 Å². The number of aryl methyl sites for hydroxylation is 1. The highest BCUT2D eigenvalue weighted by Gasteiger charge is 2.30. The van der Waals surface area contributed by atoms with Gasteiger partial charge in [0, 0.05) is 23.7 Å². The van der Waals surface area contributed by atoms with Crippen molar-refractivity contribution in [1.82, 2.24) is 19.6 Å². The second-order valence-corrected chi connectivity index (χ2v) is 5.29. The van der Waals surface area contributed by atoms with Crippen LogP contribution in [0.1, 0.15) is 37.2 Å². The molecule has 1 fully saturated rings. The molecule has 18 heavy (non-hydrogen) atoms. The van der Waals surface area contributed by atoms with Crippen LogP contribution in [0.15, 0.2) is 10.9 Å². The van der Waals surface area contributed by atoms with E-state index < -0.39 is 0 Å². The second kappa shape index (κ2) is 3.91. The van der Waals surface area contributed by atoms with Crippen molar-refractivity contribution in [2.75, 3.05) is 0 Å². The molecule has 1 saturated carbocycles. The summed E-state index contributed by atoms with van der Waals surface area (Å²) in [7, 11) is 0. The highest BCUT2D eigenvalue weighted by molar-refractivity contribution is 5.28. The lowest BCUT2D eigenvalue weighted by molar-refractivity contribution is 0.426. The Morgan fingerprint density at radius 3 is 2.89 bits per heavy atom. The van der Waals surface area contributed by atoms with Gasteiger partial charge >= 0.3 is 0 Å². The number of H-pyrrole nitrogens is 1. The van der Waals surface area contributed by atoms with Crippen LogP contribution in [0.25, 0.3) is 5.78 Å². The standard InChI is InChI=1S/C12H17N5O/c1-8-6-10(18)17-11(14-8)15-9(16-17)7-12(13)4-2-3-5-12/h6H,2-5,7,13H2,1H3,(H,14,15,16).